The molecule has 1 aromatic rings. The van der Waals surface area contributed by atoms with Crippen LogP contribution in [0.1, 0.15) is 18.0 Å². The van der Waals surface area contributed by atoms with E-state index in [1.165, 1.54) is 0 Å². The Labute approximate surface area is 124 Å². The molecule has 2 amide bonds. The smallest absolute Gasteiger partial charge is 0.330 e. The Morgan fingerprint density at radius 2 is 2.10 bits per heavy atom. The van der Waals surface area contributed by atoms with Crippen LogP contribution in [0.5, 0.6) is 0 Å². The Balaban J connectivity index is 1.86. The molecule has 1 fully saturated rings. The van der Waals surface area contributed by atoms with Crippen LogP contribution in [0.15, 0.2) is 30.3 Å². The van der Waals surface area contributed by atoms with Gasteiger partial charge in [0.2, 0.25) is 0 Å². The lowest BCUT2D eigenvalue weighted by Crippen LogP contribution is -2.42. The Hall–Kier alpha value is -2.08. The molecule has 2 atom stereocenters. The van der Waals surface area contributed by atoms with Crippen molar-refractivity contribution in [2.75, 3.05) is 26.7 Å². The number of aliphatic carboxylic acids is 1. The third kappa shape index (κ3) is 4.46. The van der Waals surface area contributed by atoms with Crippen LogP contribution in [0.25, 0.3) is 0 Å². The maximum atomic E-state index is 11.9. The number of amides is 2. The number of rotatable bonds is 5. The summed E-state index contributed by atoms with van der Waals surface area (Å²) in [7, 11) is 2.05. The standard InChI is InChI=1S/C15H21N3O3/c1-18-8-7-11(10-18)9-16-15(21)17-13(14(19)20)12-5-3-2-4-6-12/h2-6,11,13H,7-10H2,1H3,(H,19,20)(H2,16,17,21)/t11?,13-/m0/s1. The van der Waals surface area contributed by atoms with Gasteiger partial charge in [-0.1, -0.05) is 30.3 Å². The molecule has 6 heteroatoms. The fraction of sp³-hybridized carbons (Fsp3) is 0.467. The summed E-state index contributed by atoms with van der Waals surface area (Å²) in [5, 5.41) is 14.5. The van der Waals surface area contributed by atoms with Crippen LogP contribution < -0.4 is 10.6 Å². The molecular weight excluding hydrogens is 270 g/mol. The summed E-state index contributed by atoms with van der Waals surface area (Å²) in [5.41, 5.74) is 0.556. The fourth-order valence-electron chi connectivity index (χ4n) is 2.55. The van der Waals surface area contributed by atoms with E-state index in [2.05, 4.69) is 22.6 Å². The van der Waals surface area contributed by atoms with E-state index in [0.29, 0.717) is 18.0 Å². The number of nitrogens with one attached hydrogen (secondary N) is 2. The van der Waals surface area contributed by atoms with Crippen LogP contribution in [-0.2, 0) is 4.79 Å². The molecule has 1 aromatic carbocycles. The predicted octanol–water partition coefficient (Wildman–Crippen LogP) is 1.06. The lowest BCUT2D eigenvalue weighted by atomic mass is 10.1. The molecule has 21 heavy (non-hydrogen) atoms. The number of carbonyl (C=O) groups is 2. The van der Waals surface area contributed by atoms with Gasteiger partial charge in [0.15, 0.2) is 6.04 Å². The molecule has 0 aliphatic carbocycles. The predicted molar refractivity (Wildman–Crippen MR) is 79.0 cm³/mol. The topological polar surface area (TPSA) is 81.7 Å². The number of nitrogens with zero attached hydrogens (tertiary/aromatic N) is 1. The highest BCUT2D eigenvalue weighted by atomic mass is 16.4. The van der Waals surface area contributed by atoms with Gasteiger partial charge in [-0.15, -0.1) is 0 Å². The van der Waals surface area contributed by atoms with Gasteiger partial charge in [-0.2, -0.15) is 0 Å². The van der Waals surface area contributed by atoms with E-state index in [0.717, 1.165) is 19.5 Å². The summed E-state index contributed by atoms with van der Waals surface area (Å²) in [6.07, 6.45) is 1.05. The first-order chi connectivity index (χ1) is 10.1. The van der Waals surface area contributed by atoms with E-state index in [4.69, 9.17) is 0 Å². The van der Waals surface area contributed by atoms with Crippen molar-refractivity contribution >= 4 is 12.0 Å². The third-order valence-corrected chi connectivity index (χ3v) is 3.70. The van der Waals surface area contributed by atoms with Gasteiger partial charge in [0.05, 0.1) is 0 Å². The third-order valence-electron chi connectivity index (χ3n) is 3.70. The van der Waals surface area contributed by atoms with Crippen molar-refractivity contribution in [1.82, 2.24) is 15.5 Å². The molecular formula is C15H21N3O3. The molecule has 1 unspecified atom stereocenters. The van der Waals surface area contributed by atoms with Crippen LogP contribution >= 0.6 is 0 Å². The number of likely N-dealkylation sites (tertiary alicyclic amines) is 1. The first-order valence-corrected chi connectivity index (χ1v) is 7.07. The maximum Gasteiger partial charge on any atom is 0.330 e. The molecule has 6 nitrogen and oxygen atoms in total. The quantitative estimate of drug-likeness (QED) is 0.758. The van der Waals surface area contributed by atoms with Gasteiger partial charge in [0.25, 0.3) is 0 Å². The molecule has 0 aromatic heterocycles. The molecule has 0 bridgehead atoms. The Morgan fingerprint density at radius 3 is 2.67 bits per heavy atom. The second-order valence-corrected chi connectivity index (χ2v) is 5.45. The summed E-state index contributed by atoms with van der Waals surface area (Å²) < 4.78 is 0. The van der Waals surface area contributed by atoms with E-state index in [-0.39, 0.29) is 0 Å². The number of urea groups is 1. The minimum absolute atomic E-state index is 0.431. The van der Waals surface area contributed by atoms with Crippen molar-refractivity contribution in [2.45, 2.75) is 12.5 Å². The van der Waals surface area contributed by atoms with E-state index >= 15 is 0 Å². The van der Waals surface area contributed by atoms with Gasteiger partial charge in [-0.05, 0) is 31.5 Å². The Kier molecular flexibility index (Phi) is 5.16. The minimum Gasteiger partial charge on any atom is -0.479 e. The molecule has 1 aliphatic rings. The summed E-state index contributed by atoms with van der Waals surface area (Å²) >= 11 is 0. The molecule has 0 radical (unpaired) electrons. The molecule has 0 saturated carbocycles. The highest BCUT2D eigenvalue weighted by molar-refractivity contribution is 5.83. The number of carboxylic acids is 1. The van der Waals surface area contributed by atoms with Crippen molar-refractivity contribution in [3.05, 3.63) is 35.9 Å². The average molecular weight is 291 g/mol. The van der Waals surface area contributed by atoms with Crippen LogP contribution in [0.3, 0.4) is 0 Å². The van der Waals surface area contributed by atoms with Gasteiger partial charge >= 0.3 is 12.0 Å². The largest absolute Gasteiger partial charge is 0.479 e. The first kappa shape index (κ1) is 15.3. The van der Waals surface area contributed by atoms with Crippen LogP contribution in [0, 0.1) is 5.92 Å². The van der Waals surface area contributed by atoms with Crippen LogP contribution in [-0.4, -0.2) is 48.7 Å². The first-order valence-electron chi connectivity index (χ1n) is 7.07. The lowest BCUT2D eigenvalue weighted by Gasteiger charge is -2.17. The highest BCUT2D eigenvalue weighted by Gasteiger charge is 2.23. The number of carbonyl (C=O) groups excluding carboxylic acids is 1. The summed E-state index contributed by atoms with van der Waals surface area (Å²) in [5.74, 6) is -0.641. The number of hydrogen-bond acceptors (Lipinski definition) is 3. The molecule has 3 N–H and O–H groups in total. The zero-order valence-corrected chi connectivity index (χ0v) is 12.1. The zero-order valence-electron chi connectivity index (χ0n) is 12.1. The van der Waals surface area contributed by atoms with E-state index in [1.54, 1.807) is 30.3 Å². The Morgan fingerprint density at radius 1 is 1.38 bits per heavy atom. The van der Waals surface area contributed by atoms with Gasteiger partial charge in [0, 0.05) is 13.1 Å². The van der Waals surface area contributed by atoms with Gasteiger partial charge < -0.3 is 20.6 Å². The summed E-state index contributed by atoms with van der Waals surface area (Å²) in [4.78, 5) is 25.4. The van der Waals surface area contributed by atoms with Gasteiger partial charge in [-0.3, -0.25) is 0 Å². The van der Waals surface area contributed by atoms with E-state index < -0.39 is 18.0 Å². The highest BCUT2D eigenvalue weighted by Crippen LogP contribution is 2.14. The average Bonchev–Trinajstić information content (AvgIpc) is 2.89. The van der Waals surface area contributed by atoms with Crippen molar-refractivity contribution in [1.29, 1.82) is 0 Å². The second kappa shape index (κ2) is 7.08. The number of hydrogen-bond donors (Lipinski definition) is 3. The SMILES string of the molecule is CN1CCC(CNC(=O)N[C@H](C(=O)O)c2ccccc2)C1. The van der Waals surface area contributed by atoms with Crippen LogP contribution in [0.4, 0.5) is 4.79 Å². The van der Waals surface area contributed by atoms with Crippen LogP contribution in [0.2, 0.25) is 0 Å². The summed E-state index contributed by atoms with van der Waals surface area (Å²) in [6, 6.07) is 7.20. The lowest BCUT2D eigenvalue weighted by molar-refractivity contribution is -0.139. The Bertz CT molecular complexity index is 492. The molecule has 0 spiro atoms. The molecule has 1 heterocycles. The monoisotopic (exact) mass is 291 g/mol. The minimum atomic E-state index is -1.07. The van der Waals surface area contributed by atoms with E-state index in [1.807, 2.05) is 0 Å². The number of carboxylic acid groups (broad SMARTS) is 1. The second-order valence-electron chi connectivity index (χ2n) is 5.45. The molecule has 1 saturated heterocycles. The fourth-order valence-corrected chi connectivity index (χ4v) is 2.55. The maximum absolute atomic E-state index is 11.9. The summed E-state index contributed by atoms with van der Waals surface area (Å²) in [6.45, 7) is 2.56. The molecule has 1 aliphatic heterocycles. The molecule has 114 valence electrons. The van der Waals surface area contributed by atoms with Crippen molar-refractivity contribution in [2.24, 2.45) is 5.92 Å². The molecule has 2 rings (SSSR count). The normalized spacial score (nSPS) is 20.0. The van der Waals surface area contributed by atoms with Gasteiger partial charge in [-0.25, -0.2) is 9.59 Å². The van der Waals surface area contributed by atoms with E-state index in [9.17, 15) is 14.7 Å². The van der Waals surface area contributed by atoms with Crippen molar-refractivity contribution in [3.63, 3.8) is 0 Å². The van der Waals surface area contributed by atoms with Crippen molar-refractivity contribution in [3.8, 4) is 0 Å². The van der Waals surface area contributed by atoms with Gasteiger partial charge in [0.1, 0.15) is 0 Å². The zero-order chi connectivity index (χ0) is 15.2. The van der Waals surface area contributed by atoms with Crippen molar-refractivity contribution < 1.29 is 14.7 Å². The number of benzene rings is 1.